The van der Waals surface area contributed by atoms with Crippen LogP contribution in [0.2, 0.25) is 0 Å². The van der Waals surface area contributed by atoms with E-state index in [-0.39, 0.29) is 24.4 Å². The van der Waals surface area contributed by atoms with Gasteiger partial charge in [-0.1, -0.05) is 26.7 Å². The number of likely N-dealkylation sites (tertiary alicyclic amines) is 1. The Balaban J connectivity index is 0.00000289. The smallest absolute Gasteiger partial charge is 0.511 e. The third-order valence-corrected chi connectivity index (χ3v) is 3.54. The zero-order valence-electron chi connectivity index (χ0n) is 13.6. The van der Waals surface area contributed by atoms with Crippen molar-refractivity contribution in [3.8, 4) is 0 Å². The number of rotatable bonds is 1. The molecule has 18 heavy (non-hydrogen) atoms. The Morgan fingerprint density at radius 2 is 1.72 bits per heavy atom. The molecule has 1 aliphatic rings. The Kier molecular flexibility index (Phi) is 6.51. The van der Waals surface area contributed by atoms with Crippen molar-refractivity contribution in [1.29, 1.82) is 0 Å². The van der Waals surface area contributed by atoms with Crippen LogP contribution in [-0.2, 0) is 0 Å². The van der Waals surface area contributed by atoms with Gasteiger partial charge >= 0.3 is 18.9 Å². The molecule has 0 N–H and O–H groups in total. The zero-order valence-corrected chi connectivity index (χ0v) is 13.6. The van der Waals surface area contributed by atoms with E-state index in [1.165, 1.54) is 12.8 Å². The Morgan fingerprint density at radius 3 is 2.11 bits per heavy atom. The van der Waals surface area contributed by atoms with Crippen molar-refractivity contribution in [3.05, 3.63) is 6.54 Å². The van der Waals surface area contributed by atoms with Crippen LogP contribution in [0.15, 0.2) is 4.99 Å². The van der Waals surface area contributed by atoms with Gasteiger partial charge in [-0.25, -0.2) is 6.54 Å². The van der Waals surface area contributed by atoms with Crippen LogP contribution < -0.4 is 18.9 Å². The second-order valence-electron chi connectivity index (χ2n) is 7.43. The number of hydrogen-bond acceptors (Lipinski definition) is 1. The van der Waals surface area contributed by atoms with E-state index < -0.39 is 0 Å². The summed E-state index contributed by atoms with van der Waals surface area (Å²) in [4.78, 5) is 6.87. The number of hydrogen-bond donors (Lipinski definition) is 0. The van der Waals surface area contributed by atoms with E-state index in [1.807, 2.05) is 6.34 Å². The minimum atomic E-state index is 0. The van der Waals surface area contributed by atoms with Crippen LogP contribution in [-0.4, -0.2) is 22.8 Å². The molecule has 0 aliphatic carbocycles. The van der Waals surface area contributed by atoms with Crippen molar-refractivity contribution in [2.45, 2.75) is 72.9 Å². The van der Waals surface area contributed by atoms with Crippen LogP contribution in [0.3, 0.4) is 0 Å². The molecule has 2 atom stereocenters. The molecule has 100 valence electrons. The van der Waals surface area contributed by atoms with Crippen LogP contribution in [0.4, 0.5) is 0 Å². The summed E-state index contributed by atoms with van der Waals surface area (Å²) in [6.07, 6.45) is 4.45. The predicted octanol–water partition coefficient (Wildman–Crippen LogP) is 1.13. The summed E-state index contributed by atoms with van der Waals surface area (Å²) in [5.41, 5.74) is 0.437. The molecule has 0 aromatic carbocycles. The molecule has 0 saturated carbocycles. The van der Waals surface area contributed by atoms with Crippen molar-refractivity contribution in [1.82, 2.24) is 4.90 Å². The maximum Gasteiger partial charge on any atom is 1.00 e. The van der Waals surface area contributed by atoms with Gasteiger partial charge in [0.15, 0.2) is 0 Å². The molecule has 1 heterocycles. The Morgan fingerprint density at radius 1 is 1.17 bits per heavy atom. The second kappa shape index (κ2) is 6.48. The molecule has 1 saturated heterocycles. The average Bonchev–Trinajstić information content (AvgIpc) is 2.12. The SMILES string of the molecule is C[C@H]1C[C@@H](C(C)(C)C)C[CH-]N1C=NC(C)(C)C.[Li+]. The van der Waals surface area contributed by atoms with Crippen molar-refractivity contribution < 1.29 is 18.9 Å². The number of nitrogens with zero attached hydrogens (tertiary/aromatic N) is 2. The third kappa shape index (κ3) is 5.81. The van der Waals surface area contributed by atoms with Gasteiger partial charge in [-0.3, -0.25) is 4.99 Å². The average molecular weight is 244 g/mol. The van der Waals surface area contributed by atoms with Crippen LogP contribution in [0.1, 0.15) is 61.3 Å². The van der Waals surface area contributed by atoms with E-state index in [0.29, 0.717) is 11.5 Å². The van der Waals surface area contributed by atoms with Crippen LogP contribution in [0, 0.1) is 17.9 Å². The second-order valence-corrected chi connectivity index (χ2v) is 7.43. The summed E-state index contributed by atoms with van der Waals surface area (Å²) in [7, 11) is 0. The first kappa shape index (κ1) is 18.1. The van der Waals surface area contributed by atoms with Crippen LogP contribution in [0.5, 0.6) is 0 Å². The molecule has 0 amide bonds. The van der Waals surface area contributed by atoms with E-state index in [4.69, 9.17) is 0 Å². The molecule has 0 bridgehead atoms. The molecule has 0 aromatic heterocycles. The van der Waals surface area contributed by atoms with E-state index in [9.17, 15) is 0 Å². The summed E-state index contributed by atoms with van der Waals surface area (Å²) < 4.78 is 0. The Hall–Kier alpha value is 0.0674. The topological polar surface area (TPSA) is 15.6 Å². The van der Waals surface area contributed by atoms with E-state index in [0.717, 1.165) is 5.92 Å². The molecular formula is C15H29LiN2. The van der Waals surface area contributed by atoms with Crippen molar-refractivity contribution in [2.24, 2.45) is 16.3 Å². The Bertz CT molecular complexity index is 273. The monoisotopic (exact) mass is 244 g/mol. The predicted molar refractivity (Wildman–Crippen MR) is 76.0 cm³/mol. The maximum atomic E-state index is 4.59. The first-order valence-electron chi connectivity index (χ1n) is 6.76. The number of piperidine rings is 1. The van der Waals surface area contributed by atoms with Crippen LogP contribution >= 0.6 is 0 Å². The zero-order chi connectivity index (χ0) is 13.3. The van der Waals surface area contributed by atoms with Gasteiger partial charge in [-0.15, -0.1) is 0 Å². The van der Waals surface area contributed by atoms with Gasteiger partial charge in [-0.2, -0.15) is 6.42 Å². The van der Waals surface area contributed by atoms with Gasteiger partial charge in [0.05, 0.1) is 11.9 Å². The molecule has 1 fully saturated rings. The molecule has 1 aliphatic heterocycles. The molecular weight excluding hydrogens is 215 g/mol. The van der Waals surface area contributed by atoms with Crippen molar-refractivity contribution in [2.75, 3.05) is 0 Å². The van der Waals surface area contributed by atoms with Gasteiger partial charge < -0.3 is 4.90 Å². The van der Waals surface area contributed by atoms with Crippen molar-refractivity contribution >= 4 is 6.34 Å². The molecule has 3 heteroatoms. The molecule has 0 unspecified atom stereocenters. The Labute approximate surface area is 126 Å². The fourth-order valence-corrected chi connectivity index (χ4v) is 2.17. The summed E-state index contributed by atoms with van der Waals surface area (Å²) in [6.45, 7) is 18.1. The van der Waals surface area contributed by atoms with Gasteiger partial charge in [0.2, 0.25) is 0 Å². The van der Waals surface area contributed by atoms with E-state index in [2.05, 4.69) is 64.9 Å². The molecule has 0 radical (unpaired) electrons. The first-order valence-corrected chi connectivity index (χ1v) is 6.76. The maximum absolute atomic E-state index is 4.59. The summed E-state index contributed by atoms with van der Waals surface area (Å²) >= 11 is 0. The summed E-state index contributed by atoms with van der Waals surface area (Å²) in [6, 6.07) is 0.569. The molecule has 0 spiro atoms. The third-order valence-electron chi connectivity index (χ3n) is 3.54. The minimum Gasteiger partial charge on any atom is -0.511 e. The van der Waals surface area contributed by atoms with Crippen LogP contribution in [0.25, 0.3) is 0 Å². The first-order chi connectivity index (χ1) is 7.59. The quantitative estimate of drug-likeness (QED) is 0.292. The normalized spacial score (nSPS) is 26.3. The van der Waals surface area contributed by atoms with E-state index in [1.54, 1.807) is 0 Å². The van der Waals surface area contributed by atoms with Gasteiger partial charge in [0.25, 0.3) is 0 Å². The van der Waals surface area contributed by atoms with Gasteiger partial charge in [-0.05, 0) is 45.6 Å². The molecule has 1 rings (SSSR count). The number of aliphatic imine (C=N–C) groups is 1. The fraction of sp³-hybridized carbons (Fsp3) is 0.867. The summed E-state index contributed by atoms with van der Waals surface area (Å²) in [5, 5.41) is 0. The molecule has 0 aromatic rings. The van der Waals surface area contributed by atoms with E-state index >= 15 is 0 Å². The largest absolute Gasteiger partial charge is 1.00 e. The minimum absolute atomic E-state index is 0. The fourth-order valence-electron chi connectivity index (χ4n) is 2.17. The molecule has 2 nitrogen and oxygen atoms in total. The van der Waals surface area contributed by atoms with Gasteiger partial charge in [0.1, 0.15) is 0 Å². The standard InChI is InChI=1S/C15H29N2.Li/c1-12-10-13(14(2,3)4)8-9-17(12)11-16-15(5,6)7;/h9,11-13H,8,10H2,1-7H3;/q-1;+1/t12-,13-;/m0./s1. The van der Waals surface area contributed by atoms with Crippen molar-refractivity contribution in [3.63, 3.8) is 0 Å². The summed E-state index contributed by atoms with van der Waals surface area (Å²) in [5.74, 6) is 0.789. The van der Waals surface area contributed by atoms with Gasteiger partial charge in [0, 0.05) is 0 Å².